The number of allylic oxidation sites excluding steroid dienone is 1. The Kier molecular flexibility index (Phi) is 6.08. The van der Waals surface area contributed by atoms with Crippen LogP contribution in [0.4, 0.5) is 17.6 Å². The number of rotatable bonds is 5. The molecule has 0 spiro atoms. The van der Waals surface area contributed by atoms with Gasteiger partial charge in [0, 0.05) is 40.8 Å². The number of nitrogens with one attached hydrogen (secondary N) is 2. The van der Waals surface area contributed by atoms with Crippen molar-refractivity contribution in [3.8, 4) is 0 Å². The highest BCUT2D eigenvalue weighted by Crippen LogP contribution is 2.30. The Morgan fingerprint density at radius 2 is 1.79 bits per heavy atom. The first-order valence-electron chi connectivity index (χ1n) is 14.1. The van der Waals surface area contributed by atoms with Crippen molar-refractivity contribution in [3.63, 3.8) is 0 Å². The number of hydrazone groups is 1. The number of nitrogens with two attached hydrogens (primary N) is 1. The van der Waals surface area contributed by atoms with Crippen LogP contribution in [-0.4, -0.2) is 44.2 Å². The van der Waals surface area contributed by atoms with Gasteiger partial charge in [-0.3, -0.25) is 4.98 Å². The minimum Gasteiger partial charge on any atom is -0.366 e. The predicted octanol–water partition coefficient (Wildman–Crippen LogP) is 4.12. The van der Waals surface area contributed by atoms with Gasteiger partial charge in [0.2, 0.25) is 5.95 Å². The third kappa shape index (κ3) is 4.55. The second kappa shape index (κ2) is 9.87. The summed E-state index contributed by atoms with van der Waals surface area (Å²) in [5, 5.41) is 18.6. The van der Waals surface area contributed by atoms with Crippen LogP contribution in [0.15, 0.2) is 47.7 Å². The van der Waals surface area contributed by atoms with Crippen molar-refractivity contribution in [2.45, 2.75) is 76.3 Å². The van der Waals surface area contributed by atoms with E-state index in [-0.39, 0.29) is 0 Å². The summed E-state index contributed by atoms with van der Waals surface area (Å²) in [6.45, 7) is 0.565. The van der Waals surface area contributed by atoms with E-state index >= 15 is 0 Å². The van der Waals surface area contributed by atoms with Gasteiger partial charge in [0.15, 0.2) is 0 Å². The fourth-order valence-electron chi connectivity index (χ4n) is 6.13. The van der Waals surface area contributed by atoms with Crippen LogP contribution in [0, 0.1) is 0 Å². The molecule has 1 fully saturated rings. The predicted molar refractivity (Wildman–Crippen MR) is 151 cm³/mol. The van der Waals surface area contributed by atoms with E-state index in [4.69, 9.17) is 10.8 Å². The molecule has 3 aliphatic carbocycles. The molecule has 9 heteroatoms. The van der Waals surface area contributed by atoms with E-state index in [0.717, 1.165) is 55.2 Å². The lowest BCUT2D eigenvalue weighted by Gasteiger charge is -2.31. The smallest absolute Gasteiger partial charge is 0.250 e. The van der Waals surface area contributed by atoms with Crippen LogP contribution in [-0.2, 0) is 19.3 Å². The van der Waals surface area contributed by atoms with Gasteiger partial charge >= 0.3 is 0 Å². The highest BCUT2D eigenvalue weighted by atomic mass is 15.8. The van der Waals surface area contributed by atoms with Gasteiger partial charge < -0.3 is 16.4 Å². The molecule has 3 aromatic rings. The van der Waals surface area contributed by atoms with E-state index < -0.39 is 0 Å². The van der Waals surface area contributed by atoms with Gasteiger partial charge in [0.1, 0.15) is 0 Å². The number of nitrogen functional groups attached to an aromatic ring is 1. The second-order valence-corrected chi connectivity index (χ2v) is 10.9. The van der Waals surface area contributed by atoms with Crippen LogP contribution in [0.25, 0.3) is 5.57 Å². The minimum atomic E-state index is 0.309. The number of aryl methyl sites for hydroxylation is 3. The van der Waals surface area contributed by atoms with Crippen molar-refractivity contribution < 1.29 is 0 Å². The van der Waals surface area contributed by atoms with Crippen molar-refractivity contribution in [2.24, 2.45) is 5.10 Å². The molecule has 9 nitrogen and oxygen atoms in total. The molecule has 2 aromatic heterocycles. The standard InChI is InChI=1S/C29H35N9/c30-28-34-29(33-23-14-10-19-9-12-22(13-11-20(19)18-23)32-21-4-1-5-21)36-38(28)37-17-15-25-24-6-3-16-31-26(24)7-2-8-27(25)35-37/h3,6,10,14-16,18,21-22,32H,1-2,4-5,7-9,11-13,17H2,(H3,30,33,34,36)/t22-/m0/s1. The fourth-order valence-corrected chi connectivity index (χ4v) is 6.13. The van der Waals surface area contributed by atoms with E-state index in [1.165, 1.54) is 54.4 Å². The number of pyridine rings is 1. The summed E-state index contributed by atoms with van der Waals surface area (Å²) in [5.41, 5.74) is 14.7. The molecule has 38 heavy (non-hydrogen) atoms. The zero-order valence-electron chi connectivity index (χ0n) is 21.7. The van der Waals surface area contributed by atoms with Gasteiger partial charge in [-0.1, -0.05) is 24.6 Å². The highest BCUT2D eigenvalue weighted by molar-refractivity contribution is 6.25. The molecule has 196 valence electrons. The van der Waals surface area contributed by atoms with Gasteiger partial charge in [-0.15, -0.1) is 9.89 Å². The summed E-state index contributed by atoms with van der Waals surface area (Å²) in [5.74, 6) is 0.787. The van der Waals surface area contributed by atoms with Crippen LogP contribution in [0.2, 0.25) is 0 Å². The Morgan fingerprint density at radius 1 is 0.921 bits per heavy atom. The zero-order valence-corrected chi connectivity index (χ0v) is 21.7. The fraction of sp³-hybridized carbons (Fsp3) is 0.448. The largest absolute Gasteiger partial charge is 0.366 e. The molecule has 4 aliphatic rings. The van der Waals surface area contributed by atoms with Crippen LogP contribution < -0.4 is 21.5 Å². The first kappa shape index (κ1) is 23.4. The Morgan fingerprint density at radius 3 is 2.66 bits per heavy atom. The molecular formula is C29H35N9. The first-order valence-corrected chi connectivity index (χ1v) is 14.1. The molecule has 0 radical (unpaired) electrons. The number of aromatic nitrogens is 4. The SMILES string of the molecule is Nc1nc(Nc2ccc3c(c2)CC[C@@H](NC2CCC2)CC3)nn1N1CC=C2C(=N1)CCCc1ncccc12. The van der Waals surface area contributed by atoms with E-state index in [0.29, 0.717) is 24.5 Å². The molecular weight excluding hydrogens is 474 g/mol. The van der Waals surface area contributed by atoms with Crippen LogP contribution in [0.3, 0.4) is 0 Å². The van der Waals surface area contributed by atoms with Gasteiger partial charge in [0.05, 0.1) is 12.3 Å². The Balaban J connectivity index is 1.06. The van der Waals surface area contributed by atoms with E-state index in [1.807, 2.05) is 12.3 Å². The maximum atomic E-state index is 6.30. The molecule has 0 unspecified atom stereocenters. The van der Waals surface area contributed by atoms with Gasteiger partial charge in [-0.2, -0.15) is 15.2 Å². The molecule has 7 rings (SSSR count). The summed E-state index contributed by atoms with van der Waals surface area (Å²) in [4.78, 5) is 10.7. The molecule has 0 amide bonds. The van der Waals surface area contributed by atoms with Gasteiger partial charge in [-0.25, -0.2) is 0 Å². The van der Waals surface area contributed by atoms with Crippen molar-refractivity contribution >= 4 is 28.9 Å². The normalized spacial score (nSPS) is 21.2. The first-order chi connectivity index (χ1) is 18.7. The molecule has 0 saturated heterocycles. The molecule has 1 atom stereocenters. The summed E-state index contributed by atoms with van der Waals surface area (Å²) < 4.78 is 0. The lowest BCUT2D eigenvalue weighted by molar-refractivity contribution is 0.291. The molecule has 1 aromatic carbocycles. The monoisotopic (exact) mass is 509 g/mol. The lowest BCUT2D eigenvalue weighted by Crippen LogP contribution is -2.42. The van der Waals surface area contributed by atoms with Crippen LogP contribution in [0.1, 0.15) is 67.3 Å². The lowest BCUT2D eigenvalue weighted by atomic mass is 9.91. The number of anilines is 3. The third-order valence-electron chi connectivity index (χ3n) is 8.41. The number of hydrogen-bond acceptors (Lipinski definition) is 8. The average Bonchev–Trinajstić information content (AvgIpc) is 3.06. The van der Waals surface area contributed by atoms with Crippen molar-refractivity contribution in [3.05, 3.63) is 65.0 Å². The Hall–Kier alpha value is -3.72. The topological polar surface area (TPSA) is 109 Å². The van der Waals surface area contributed by atoms with E-state index in [2.05, 4.69) is 56.0 Å². The minimum absolute atomic E-state index is 0.309. The number of nitrogens with zero attached hydrogens (tertiary/aromatic N) is 6. The quantitative estimate of drug-likeness (QED) is 0.444. The van der Waals surface area contributed by atoms with Gasteiger partial charge in [0.25, 0.3) is 5.95 Å². The summed E-state index contributed by atoms with van der Waals surface area (Å²) in [7, 11) is 0. The number of benzene rings is 1. The summed E-state index contributed by atoms with van der Waals surface area (Å²) in [6, 6.07) is 12.1. The van der Waals surface area contributed by atoms with Crippen LogP contribution in [0.5, 0.6) is 0 Å². The van der Waals surface area contributed by atoms with E-state index in [9.17, 15) is 0 Å². The second-order valence-electron chi connectivity index (χ2n) is 10.9. The van der Waals surface area contributed by atoms with Crippen molar-refractivity contribution in [2.75, 3.05) is 22.7 Å². The summed E-state index contributed by atoms with van der Waals surface area (Å²) >= 11 is 0. The zero-order chi connectivity index (χ0) is 25.5. The summed E-state index contributed by atoms with van der Waals surface area (Å²) in [6.07, 6.45) is 15.6. The van der Waals surface area contributed by atoms with Crippen molar-refractivity contribution in [1.29, 1.82) is 0 Å². The average molecular weight is 510 g/mol. The van der Waals surface area contributed by atoms with E-state index in [1.54, 1.807) is 9.91 Å². The molecule has 4 N–H and O–H groups in total. The van der Waals surface area contributed by atoms with Crippen molar-refractivity contribution in [1.82, 2.24) is 25.2 Å². The maximum Gasteiger partial charge on any atom is 0.250 e. The molecule has 1 aliphatic heterocycles. The molecule has 3 heterocycles. The highest BCUT2D eigenvalue weighted by Gasteiger charge is 2.25. The molecule has 0 bridgehead atoms. The van der Waals surface area contributed by atoms with Gasteiger partial charge in [-0.05, 0) is 87.1 Å². The third-order valence-corrected chi connectivity index (χ3v) is 8.41. The number of hydrogen-bond donors (Lipinski definition) is 3. The Bertz CT molecular complexity index is 1400. The van der Waals surface area contributed by atoms with Crippen LogP contribution >= 0.6 is 0 Å². The maximum absolute atomic E-state index is 6.30. The molecule has 1 saturated carbocycles. The Labute approximate surface area is 223 Å². The number of fused-ring (bicyclic) bond motifs is 4.